The van der Waals surface area contributed by atoms with Crippen molar-refractivity contribution in [3.8, 4) is 0 Å². The second-order valence-electron chi connectivity index (χ2n) is 4.57. The fourth-order valence-electron chi connectivity index (χ4n) is 2.37. The maximum absolute atomic E-state index is 12.5. The van der Waals surface area contributed by atoms with Gasteiger partial charge in [-0.25, -0.2) is 0 Å². The third-order valence-electron chi connectivity index (χ3n) is 3.26. The second-order valence-corrected chi connectivity index (χ2v) is 5.68. The van der Waals surface area contributed by atoms with Gasteiger partial charge in [0.1, 0.15) is 0 Å². The average Bonchev–Trinajstić information content (AvgIpc) is 2.86. The molecule has 8 heteroatoms. The number of hydrogen-bond donors (Lipinski definition) is 0. The zero-order valence-electron chi connectivity index (χ0n) is 10.3. The van der Waals surface area contributed by atoms with E-state index < -0.39 is 12.0 Å². The minimum absolute atomic E-state index is 0.238. The van der Waals surface area contributed by atoms with Gasteiger partial charge in [0.05, 0.1) is 0 Å². The van der Waals surface area contributed by atoms with Crippen LogP contribution in [-0.4, -0.2) is 27.8 Å². The van der Waals surface area contributed by atoms with Gasteiger partial charge in [0.25, 0.3) is 0 Å². The lowest BCUT2D eigenvalue weighted by Crippen LogP contribution is -2.38. The molecule has 1 aliphatic carbocycles. The van der Waals surface area contributed by atoms with E-state index in [1.54, 1.807) is 0 Å². The minimum Gasteiger partial charge on any atom is -0.343 e. The zero-order valence-corrected chi connectivity index (χ0v) is 11.9. The summed E-state index contributed by atoms with van der Waals surface area (Å²) < 4.78 is 41.0. The molecule has 0 amide bonds. The van der Waals surface area contributed by atoms with Crippen LogP contribution in [0.5, 0.6) is 0 Å². The zero-order chi connectivity index (χ0) is 13.9. The Kier molecular flexibility index (Phi) is 4.89. The van der Waals surface area contributed by atoms with Gasteiger partial charge in [-0.3, -0.25) is 0 Å². The SMILES string of the molecule is FC(F)(F)c1nsc(N(CCCl)C2CCCCC2)n1. The normalized spacial score (nSPS) is 17.7. The van der Waals surface area contributed by atoms with Gasteiger partial charge in [-0.2, -0.15) is 22.5 Å². The number of halogens is 4. The van der Waals surface area contributed by atoms with Crippen LogP contribution in [0.2, 0.25) is 0 Å². The molecule has 0 N–H and O–H groups in total. The summed E-state index contributed by atoms with van der Waals surface area (Å²) in [5, 5.41) is 0.333. The number of rotatable bonds is 4. The summed E-state index contributed by atoms with van der Waals surface area (Å²) in [5.41, 5.74) is 0. The van der Waals surface area contributed by atoms with Gasteiger partial charge in [-0.15, -0.1) is 11.6 Å². The predicted molar refractivity (Wildman–Crippen MR) is 69.9 cm³/mol. The van der Waals surface area contributed by atoms with E-state index in [-0.39, 0.29) is 6.04 Å². The fraction of sp³-hybridized carbons (Fsp3) is 0.818. The van der Waals surface area contributed by atoms with Crippen LogP contribution in [0.3, 0.4) is 0 Å². The molecule has 0 aliphatic heterocycles. The molecule has 1 heterocycles. The summed E-state index contributed by atoms with van der Waals surface area (Å²) in [6.45, 7) is 0.513. The molecule has 19 heavy (non-hydrogen) atoms. The molecule has 0 unspecified atom stereocenters. The van der Waals surface area contributed by atoms with Crippen LogP contribution in [0.4, 0.5) is 18.3 Å². The van der Waals surface area contributed by atoms with Gasteiger partial charge in [0.2, 0.25) is 11.0 Å². The number of aromatic nitrogens is 2. The standard InChI is InChI=1S/C11H15ClF3N3S/c12-6-7-18(8-4-2-1-3-5-8)10-16-9(17-19-10)11(13,14)15/h8H,1-7H2. The van der Waals surface area contributed by atoms with E-state index >= 15 is 0 Å². The predicted octanol–water partition coefficient (Wildman–Crippen LogP) is 3.93. The molecule has 0 bridgehead atoms. The smallest absolute Gasteiger partial charge is 0.343 e. The lowest BCUT2D eigenvalue weighted by molar-refractivity contribution is -0.144. The van der Waals surface area contributed by atoms with Crippen molar-refractivity contribution in [2.24, 2.45) is 0 Å². The van der Waals surface area contributed by atoms with Crippen molar-refractivity contribution < 1.29 is 13.2 Å². The quantitative estimate of drug-likeness (QED) is 0.789. The van der Waals surface area contributed by atoms with E-state index in [0.717, 1.165) is 37.2 Å². The Labute approximate surface area is 118 Å². The Balaban J connectivity index is 2.16. The third kappa shape index (κ3) is 3.72. The van der Waals surface area contributed by atoms with Gasteiger partial charge in [-0.1, -0.05) is 19.3 Å². The van der Waals surface area contributed by atoms with Crippen LogP contribution in [0, 0.1) is 0 Å². The Morgan fingerprint density at radius 1 is 1.26 bits per heavy atom. The Bertz CT molecular complexity index is 404. The summed E-state index contributed by atoms with van der Waals surface area (Å²) >= 11 is 6.56. The monoisotopic (exact) mass is 313 g/mol. The summed E-state index contributed by atoms with van der Waals surface area (Å²) in [5.74, 6) is -0.680. The van der Waals surface area contributed by atoms with E-state index in [4.69, 9.17) is 11.6 Å². The van der Waals surface area contributed by atoms with Crippen LogP contribution < -0.4 is 4.90 Å². The molecule has 2 rings (SSSR count). The highest BCUT2D eigenvalue weighted by Crippen LogP contribution is 2.33. The van der Waals surface area contributed by atoms with Crippen molar-refractivity contribution >= 4 is 28.3 Å². The molecule has 1 aliphatic rings. The average molecular weight is 314 g/mol. The Hall–Kier alpha value is -0.560. The third-order valence-corrected chi connectivity index (χ3v) is 4.18. The summed E-state index contributed by atoms with van der Waals surface area (Å²) in [6, 6.07) is 0.238. The number of alkyl halides is 4. The van der Waals surface area contributed by atoms with Gasteiger partial charge < -0.3 is 4.90 Å². The molecule has 3 nitrogen and oxygen atoms in total. The first kappa shape index (κ1) is 14.8. The topological polar surface area (TPSA) is 29.0 Å². The highest BCUT2D eigenvalue weighted by Gasteiger charge is 2.37. The Morgan fingerprint density at radius 2 is 1.95 bits per heavy atom. The van der Waals surface area contributed by atoms with Crippen molar-refractivity contribution in [1.29, 1.82) is 0 Å². The molecule has 108 valence electrons. The van der Waals surface area contributed by atoms with E-state index in [2.05, 4.69) is 9.36 Å². The second kappa shape index (κ2) is 6.26. The molecule has 0 atom stereocenters. The number of nitrogens with zero attached hydrogens (tertiary/aromatic N) is 3. The molecule has 0 saturated heterocycles. The molecule has 1 fully saturated rings. The van der Waals surface area contributed by atoms with E-state index in [0.29, 0.717) is 17.6 Å². The fourth-order valence-corrected chi connectivity index (χ4v) is 3.33. The molecular weight excluding hydrogens is 299 g/mol. The maximum Gasteiger partial charge on any atom is 0.452 e. The van der Waals surface area contributed by atoms with Crippen molar-refractivity contribution in [2.75, 3.05) is 17.3 Å². The highest BCUT2D eigenvalue weighted by atomic mass is 35.5. The van der Waals surface area contributed by atoms with Crippen LogP contribution in [-0.2, 0) is 6.18 Å². The van der Waals surface area contributed by atoms with Gasteiger partial charge in [0, 0.05) is 30.0 Å². The van der Waals surface area contributed by atoms with Crippen LogP contribution in [0.15, 0.2) is 0 Å². The lowest BCUT2D eigenvalue weighted by atomic mass is 9.94. The molecular formula is C11H15ClF3N3S. The van der Waals surface area contributed by atoms with Gasteiger partial charge in [0.15, 0.2) is 0 Å². The van der Waals surface area contributed by atoms with Gasteiger partial charge in [-0.05, 0) is 12.8 Å². The first-order valence-corrected chi connectivity index (χ1v) is 7.56. The van der Waals surface area contributed by atoms with Crippen molar-refractivity contribution in [3.05, 3.63) is 5.82 Å². The minimum atomic E-state index is -4.48. The van der Waals surface area contributed by atoms with E-state index in [9.17, 15) is 13.2 Å². The summed E-state index contributed by atoms with van der Waals surface area (Å²) in [7, 11) is 0. The van der Waals surface area contributed by atoms with Crippen molar-refractivity contribution in [1.82, 2.24) is 9.36 Å². The van der Waals surface area contributed by atoms with Crippen molar-refractivity contribution in [2.45, 2.75) is 44.3 Å². The largest absolute Gasteiger partial charge is 0.452 e. The number of anilines is 1. The molecule has 0 radical (unpaired) electrons. The van der Waals surface area contributed by atoms with Crippen LogP contribution >= 0.6 is 23.1 Å². The van der Waals surface area contributed by atoms with Crippen molar-refractivity contribution in [3.63, 3.8) is 0 Å². The molecule has 0 spiro atoms. The van der Waals surface area contributed by atoms with E-state index in [1.165, 1.54) is 6.42 Å². The highest BCUT2D eigenvalue weighted by molar-refractivity contribution is 7.09. The summed E-state index contributed by atoms with van der Waals surface area (Å²) in [4.78, 5) is 5.51. The lowest BCUT2D eigenvalue weighted by Gasteiger charge is -2.33. The summed E-state index contributed by atoms with van der Waals surface area (Å²) in [6.07, 6.45) is 0.890. The first-order chi connectivity index (χ1) is 9.02. The first-order valence-electron chi connectivity index (χ1n) is 6.26. The van der Waals surface area contributed by atoms with Gasteiger partial charge >= 0.3 is 6.18 Å². The Morgan fingerprint density at radius 3 is 2.47 bits per heavy atom. The van der Waals surface area contributed by atoms with Crippen LogP contribution in [0.1, 0.15) is 37.9 Å². The van der Waals surface area contributed by atoms with E-state index in [1.807, 2.05) is 4.90 Å². The molecule has 1 aromatic heterocycles. The molecule has 0 aromatic carbocycles. The number of hydrogen-bond acceptors (Lipinski definition) is 4. The molecule has 1 aromatic rings. The van der Waals surface area contributed by atoms with Crippen LogP contribution in [0.25, 0.3) is 0 Å². The maximum atomic E-state index is 12.5. The molecule has 1 saturated carbocycles.